The molecular weight excluding hydrogens is 376 g/mol. The van der Waals surface area contributed by atoms with Gasteiger partial charge in [0.15, 0.2) is 6.61 Å². The van der Waals surface area contributed by atoms with Gasteiger partial charge in [-0.3, -0.25) is 10.1 Å². The molecule has 1 N–H and O–H groups in total. The SMILES string of the molecule is COc1cccc(OC)c1C(=O)OCC(=O)Nc1cc(-c2ccc(C)cc2)no1. The summed E-state index contributed by atoms with van der Waals surface area (Å²) in [5.74, 6) is -0.594. The fourth-order valence-electron chi connectivity index (χ4n) is 2.62. The van der Waals surface area contributed by atoms with Crippen molar-refractivity contribution in [3.63, 3.8) is 0 Å². The fourth-order valence-corrected chi connectivity index (χ4v) is 2.62. The topological polar surface area (TPSA) is 99.9 Å². The van der Waals surface area contributed by atoms with Crippen LogP contribution in [0.15, 0.2) is 53.1 Å². The maximum atomic E-state index is 12.4. The number of carbonyl (C=O) groups is 2. The molecule has 0 bridgehead atoms. The summed E-state index contributed by atoms with van der Waals surface area (Å²) in [5.41, 5.74) is 2.66. The molecule has 0 saturated heterocycles. The molecule has 0 atom stereocenters. The molecule has 3 aromatic rings. The summed E-state index contributed by atoms with van der Waals surface area (Å²) < 4.78 is 20.5. The fraction of sp³-hybridized carbons (Fsp3) is 0.190. The van der Waals surface area contributed by atoms with Crippen LogP contribution in [-0.2, 0) is 9.53 Å². The summed E-state index contributed by atoms with van der Waals surface area (Å²) in [5, 5.41) is 6.43. The lowest BCUT2D eigenvalue weighted by Gasteiger charge is -2.12. The molecule has 0 fully saturated rings. The molecular formula is C21H20N2O6. The van der Waals surface area contributed by atoms with Crippen molar-refractivity contribution in [1.82, 2.24) is 5.16 Å². The molecule has 1 heterocycles. The Morgan fingerprint density at radius 1 is 1.03 bits per heavy atom. The van der Waals surface area contributed by atoms with Gasteiger partial charge >= 0.3 is 5.97 Å². The summed E-state index contributed by atoms with van der Waals surface area (Å²) >= 11 is 0. The Morgan fingerprint density at radius 3 is 2.31 bits per heavy atom. The molecule has 0 saturated carbocycles. The summed E-state index contributed by atoms with van der Waals surface area (Å²) in [6.07, 6.45) is 0. The van der Waals surface area contributed by atoms with Gasteiger partial charge in [0.05, 0.1) is 14.2 Å². The molecule has 0 aliphatic rings. The molecule has 0 aliphatic heterocycles. The number of anilines is 1. The number of methoxy groups -OCH3 is 2. The van der Waals surface area contributed by atoms with Crippen molar-refractivity contribution in [2.75, 3.05) is 26.1 Å². The van der Waals surface area contributed by atoms with Gasteiger partial charge in [0.25, 0.3) is 5.91 Å². The molecule has 3 rings (SSSR count). The number of nitrogens with zero attached hydrogens (tertiary/aromatic N) is 1. The molecule has 8 heteroatoms. The van der Waals surface area contributed by atoms with Crippen molar-refractivity contribution in [1.29, 1.82) is 0 Å². The summed E-state index contributed by atoms with van der Waals surface area (Å²) in [4.78, 5) is 24.5. The Bertz CT molecular complexity index is 988. The summed E-state index contributed by atoms with van der Waals surface area (Å²) in [7, 11) is 2.85. The van der Waals surface area contributed by atoms with Crippen LogP contribution in [0.2, 0.25) is 0 Å². The number of carbonyl (C=O) groups excluding carboxylic acids is 2. The largest absolute Gasteiger partial charge is 0.496 e. The lowest BCUT2D eigenvalue weighted by molar-refractivity contribution is -0.119. The highest BCUT2D eigenvalue weighted by molar-refractivity contribution is 5.98. The molecule has 29 heavy (non-hydrogen) atoms. The molecule has 0 radical (unpaired) electrons. The van der Waals surface area contributed by atoms with E-state index in [-0.39, 0.29) is 22.9 Å². The van der Waals surface area contributed by atoms with E-state index in [0.717, 1.165) is 11.1 Å². The standard InChI is InChI=1S/C21H20N2O6/c1-13-7-9-14(10-8-13)15-11-19(29-23-15)22-18(24)12-28-21(25)20-16(26-2)5-4-6-17(20)27-3/h4-11H,12H2,1-3H3,(H,22,24). The number of ether oxygens (including phenoxy) is 3. The number of hydrogen-bond donors (Lipinski definition) is 1. The van der Waals surface area contributed by atoms with E-state index in [2.05, 4.69) is 10.5 Å². The van der Waals surface area contributed by atoms with E-state index in [1.807, 2.05) is 31.2 Å². The minimum atomic E-state index is -0.743. The Morgan fingerprint density at radius 2 is 1.69 bits per heavy atom. The van der Waals surface area contributed by atoms with Gasteiger partial charge in [-0.15, -0.1) is 0 Å². The van der Waals surface area contributed by atoms with Crippen molar-refractivity contribution in [2.24, 2.45) is 0 Å². The van der Waals surface area contributed by atoms with Gasteiger partial charge < -0.3 is 18.7 Å². The first-order chi connectivity index (χ1) is 14.0. The maximum Gasteiger partial charge on any atom is 0.346 e. The molecule has 1 amide bonds. The van der Waals surface area contributed by atoms with Crippen molar-refractivity contribution >= 4 is 17.8 Å². The number of aromatic nitrogens is 1. The third-order valence-corrected chi connectivity index (χ3v) is 4.09. The minimum Gasteiger partial charge on any atom is -0.496 e. The van der Waals surface area contributed by atoms with Gasteiger partial charge in [-0.2, -0.15) is 0 Å². The van der Waals surface area contributed by atoms with Gasteiger partial charge in [-0.25, -0.2) is 4.79 Å². The van der Waals surface area contributed by atoms with Crippen molar-refractivity contribution in [2.45, 2.75) is 6.92 Å². The van der Waals surface area contributed by atoms with Crippen LogP contribution < -0.4 is 14.8 Å². The van der Waals surface area contributed by atoms with E-state index >= 15 is 0 Å². The maximum absolute atomic E-state index is 12.4. The molecule has 8 nitrogen and oxygen atoms in total. The summed E-state index contributed by atoms with van der Waals surface area (Å²) in [6, 6.07) is 14.2. The zero-order valence-corrected chi connectivity index (χ0v) is 16.2. The van der Waals surface area contributed by atoms with Crippen molar-refractivity contribution in [3.8, 4) is 22.8 Å². The van der Waals surface area contributed by atoms with Gasteiger partial charge in [0, 0.05) is 11.6 Å². The highest BCUT2D eigenvalue weighted by Crippen LogP contribution is 2.29. The van der Waals surface area contributed by atoms with Gasteiger partial charge in [-0.1, -0.05) is 41.1 Å². The second kappa shape index (κ2) is 8.92. The Labute approximate surface area is 167 Å². The average Bonchev–Trinajstić information content (AvgIpc) is 3.20. The number of esters is 1. The smallest absolute Gasteiger partial charge is 0.346 e. The van der Waals surface area contributed by atoms with Crippen LogP contribution in [-0.4, -0.2) is 37.9 Å². The van der Waals surface area contributed by atoms with Gasteiger partial charge in [0.1, 0.15) is 22.8 Å². The highest BCUT2D eigenvalue weighted by Gasteiger charge is 2.21. The Hall–Kier alpha value is -3.81. The third kappa shape index (κ3) is 4.73. The average molecular weight is 396 g/mol. The Balaban J connectivity index is 1.61. The number of aryl methyl sites for hydroxylation is 1. The Kier molecular flexibility index (Phi) is 6.13. The molecule has 0 aliphatic carbocycles. The highest BCUT2D eigenvalue weighted by atomic mass is 16.5. The summed E-state index contributed by atoms with van der Waals surface area (Å²) in [6.45, 7) is 1.47. The number of benzene rings is 2. The van der Waals surface area contributed by atoms with E-state index in [0.29, 0.717) is 5.69 Å². The number of amides is 1. The molecule has 0 unspecified atom stereocenters. The van der Waals surface area contributed by atoms with Crippen LogP contribution in [0.4, 0.5) is 5.88 Å². The van der Waals surface area contributed by atoms with Gasteiger partial charge in [-0.05, 0) is 19.1 Å². The number of rotatable bonds is 7. The van der Waals surface area contributed by atoms with E-state index in [1.54, 1.807) is 24.3 Å². The lowest BCUT2D eigenvalue weighted by Crippen LogP contribution is -2.21. The molecule has 0 spiro atoms. The van der Waals surface area contributed by atoms with Crippen molar-refractivity contribution < 1.29 is 28.3 Å². The first kappa shape index (κ1) is 19.9. The molecule has 150 valence electrons. The number of nitrogens with one attached hydrogen (secondary N) is 1. The minimum absolute atomic E-state index is 0.103. The second-order valence-electron chi connectivity index (χ2n) is 6.10. The molecule has 2 aromatic carbocycles. The third-order valence-electron chi connectivity index (χ3n) is 4.09. The number of hydrogen-bond acceptors (Lipinski definition) is 7. The predicted molar refractivity (Wildman–Crippen MR) is 105 cm³/mol. The van der Waals surface area contributed by atoms with Crippen LogP contribution in [0, 0.1) is 6.92 Å². The van der Waals surface area contributed by atoms with Crippen molar-refractivity contribution in [3.05, 3.63) is 59.7 Å². The monoisotopic (exact) mass is 396 g/mol. The van der Waals surface area contributed by atoms with Crippen LogP contribution in [0.5, 0.6) is 11.5 Å². The first-order valence-corrected chi connectivity index (χ1v) is 8.73. The van der Waals surface area contributed by atoms with E-state index in [4.69, 9.17) is 18.7 Å². The lowest BCUT2D eigenvalue weighted by atomic mass is 10.1. The van der Waals surface area contributed by atoms with Gasteiger partial charge in [0.2, 0.25) is 5.88 Å². The zero-order valence-electron chi connectivity index (χ0n) is 16.2. The van der Waals surface area contributed by atoms with Crippen LogP contribution in [0.25, 0.3) is 11.3 Å². The normalized spacial score (nSPS) is 10.3. The van der Waals surface area contributed by atoms with Crippen LogP contribution in [0.1, 0.15) is 15.9 Å². The predicted octanol–water partition coefficient (Wildman–Crippen LogP) is 3.46. The molecule has 1 aromatic heterocycles. The van der Waals surface area contributed by atoms with E-state index in [9.17, 15) is 9.59 Å². The van der Waals surface area contributed by atoms with Crippen LogP contribution in [0.3, 0.4) is 0 Å². The van der Waals surface area contributed by atoms with E-state index < -0.39 is 18.5 Å². The van der Waals surface area contributed by atoms with E-state index in [1.165, 1.54) is 14.2 Å². The van der Waals surface area contributed by atoms with Crippen LogP contribution >= 0.6 is 0 Å². The second-order valence-corrected chi connectivity index (χ2v) is 6.10. The first-order valence-electron chi connectivity index (χ1n) is 8.73. The zero-order chi connectivity index (χ0) is 20.8. The quantitative estimate of drug-likeness (QED) is 0.611.